The van der Waals surface area contributed by atoms with Crippen molar-refractivity contribution in [2.75, 3.05) is 26.7 Å². The summed E-state index contributed by atoms with van der Waals surface area (Å²) in [6.45, 7) is 9.90. The third-order valence-corrected chi connectivity index (χ3v) is 7.16. The van der Waals surface area contributed by atoms with Gasteiger partial charge in [0, 0.05) is 28.9 Å². The fraction of sp³-hybridized carbons (Fsp3) is 0.600. The SMILES string of the molecule is CCNC(=NCc1nc(C)c(C)s1)NCC1CCCN(C)C1c1cccs1. The lowest BCUT2D eigenvalue weighted by molar-refractivity contribution is 0.125. The van der Waals surface area contributed by atoms with E-state index >= 15 is 0 Å². The summed E-state index contributed by atoms with van der Waals surface area (Å²) in [7, 11) is 2.25. The monoisotopic (exact) mass is 405 g/mol. The number of thiazole rings is 1. The Hall–Kier alpha value is -1.44. The van der Waals surface area contributed by atoms with Gasteiger partial charge in [-0.1, -0.05) is 6.07 Å². The Balaban J connectivity index is 1.64. The summed E-state index contributed by atoms with van der Waals surface area (Å²) in [6, 6.07) is 4.94. The molecule has 3 heterocycles. The van der Waals surface area contributed by atoms with E-state index in [0.717, 1.165) is 29.8 Å². The molecule has 2 atom stereocenters. The molecule has 0 aromatic carbocycles. The van der Waals surface area contributed by atoms with Crippen LogP contribution in [0.15, 0.2) is 22.5 Å². The maximum absolute atomic E-state index is 4.76. The van der Waals surface area contributed by atoms with Crippen molar-refractivity contribution in [3.63, 3.8) is 0 Å². The molecular weight excluding hydrogens is 374 g/mol. The first-order valence-electron chi connectivity index (χ1n) is 9.77. The lowest BCUT2D eigenvalue weighted by Gasteiger charge is -2.39. The largest absolute Gasteiger partial charge is 0.357 e. The minimum atomic E-state index is 0.499. The molecule has 0 saturated carbocycles. The first kappa shape index (κ1) is 20.3. The van der Waals surface area contributed by atoms with Crippen LogP contribution in [0.1, 0.15) is 46.3 Å². The summed E-state index contributed by atoms with van der Waals surface area (Å²) < 4.78 is 0. The molecule has 7 heteroatoms. The Bertz CT molecular complexity index is 718. The minimum absolute atomic E-state index is 0.499. The summed E-state index contributed by atoms with van der Waals surface area (Å²) in [5.74, 6) is 1.48. The molecular formula is C20H31N5S2. The molecule has 5 nitrogen and oxygen atoms in total. The molecule has 0 bridgehead atoms. The molecule has 148 valence electrons. The Labute approximate surface area is 170 Å². The van der Waals surface area contributed by atoms with Crippen LogP contribution in [0.2, 0.25) is 0 Å². The second kappa shape index (κ2) is 9.66. The van der Waals surface area contributed by atoms with Gasteiger partial charge in [-0.05, 0) is 64.6 Å². The summed E-state index contributed by atoms with van der Waals surface area (Å²) in [5, 5.41) is 10.2. The zero-order chi connectivity index (χ0) is 19.2. The molecule has 0 aliphatic carbocycles. The molecule has 0 amide bonds. The van der Waals surface area contributed by atoms with Crippen LogP contribution >= 0.6 is 22.7 Å². The Morgan fingerprint density at radius 2 is 2.22 bits per heavy atom. The number of thiophene rings is 1. The van der Waals surface area contributed by atoms with Crippen molar-refractivity contribution in [2.45, 2.75) is 46.2 Å². The van der Waals surface area contributed by atoms with Gasteiger partial charge in [0.1, 0.15) is 5.01 Å². The average Bonchev–Trinajstić information content (AvgIpc) is 3.28. The van der Waals surface area contributed by atoms with Gasteiger partial charge in [-0.15, -0.1) is 22.7 Å². The van der Waals surface area contributed by atoms with E-state index in [1.54, 1.807) is 11.3 Å². The van der Waals surface area contributed by atoms with Gasteiger partial charge in [0.25, 0.3) is 0 Å². The van der Waals surface area contributed by atoms with Crippen molar-refractivity contribution < 1.29 is 0 Å². The van der Waals surface area contributed by atoms with E-state index in [1.165, 1.54) is 29.1 Å². The lowest BCUT2D eigenvalue weighted by atomic mass is 9.88. The van der Waals surface area contributed by atoms with Crippen molar-refractivity contribution in [1.29, 1.82) is 0 Å². The minimum Gasteiger partial charge on any atom is -0.357 e. The topological polar surface area (TPSA) is 52.6 Å². The first-order chi connectivity index (χ1) is 13.1. The first-order valence-corrected chi connectivity index (χ1v) is 11.5. The van der Waals surface area contributed by atoms with E-state index in [4.69, 9.17) is 4.99 Å². The summed E-state index contributed by atoms with van der Waals surface area (Å²) in [5.41, 5.74) is 1.12. The lowest BCUT2D eigenvalue weighted by Crippen LogP contribution is -2.44. The van der Waals surface area contributed by atoms with Crippen LogP contribution in [0.3, 0.4) is 0 Å². The van der Waals surface area contributed by atoms with Gasteiger partial charge in [0.2, 0.25) is 0 Å². The molecule has 0 spiro atoms. The molecule has 3 rings (SSSR count). The highest BCUT2D eigenvalue weighted by molar-refractivity contribution is 7.11. The molecule has 1 saturated heterocycles. The van der Waals surface area contributed by atoms with Crippen LogP contribution in [-0.2, 0) is 6.54 Å². The van der Waals surface area contributed by atoms with Gasteiger partial charge >= 0.3 is 0 Å². The van der Waals surface area contributed by atoms with E-state index in [2.05, 4.69) is 65.8 Å². The van der Waals surface area contributed by atoms with Crippen LogP contribution in [0.25, 0.3) is 0 Å². The summed E-state index contributed by atoms with van der Waals surface area (Å²) >= 11 is 3.61. The standard InChI is InChI=1S/C20H31N5S2/c1-5-21-20(23-13-18-24-14(2)15(3)27-18)22-12-16-8-6-10-25(4)19(16)17-9-7-11-26-17/h7,9,11,16,19H,5-6,8,10,12-13H2,1-4H3,(H2,21,22,23). The van der Waals surface area contributed by atoms with Crippen LogP contribution in [-0.4, -0.2) is 42.5 Å². The van der Waals surface area contributed by atoms with Gasteiger partial charge in [0.15, 0.2) is 5.96 Å². The number of hydrogen-bond acceptors (Lipinski definition) is 5. The highest BCUT2D eigenvalue weighted by atomic mass is 32.1. The second-order valence-corrected chi connectivity index (χ2v) is 9.44. The van der Waals surface area contributed by atoms with E-state index in [0.29, 0.717) is 18.5 Å². The number of likely N-dealkylation sites (tertiary alicyclic amines) is 1. The Morgan fingerprint density at radius 1 is 1.37 bits per heavy atom. The molecule has 1 aliphatic rings. The van der Waals surface area contributed by atoms with Gasteiger partial charge in [-0.25, -0.2) is 9.98 Å². The molecule has 2 N–H and O–H groups in total. The van der Waals surface area contributed by atoms with Gasteiger partial charge < -0.3 is 10.6 Å². The molecule has 1 aliphatic heterocycles. The number of aromatic nitrogens is 1. The number of hydrogen-bond donors (Lipinski definition) is 2. The van der Waals surface area contributed by atoms with E-state index in [-0.39, 0.29) is 0 Å². The molecule has 2 aromatic heterocycles. The highest BCUT2D eigenvalue weighted by Gasteiger charge is 2.31. The number of nitrogens with one attached hydrogen (secondary N) is 2. The third kappa shape index (κ3) is 5.30. The molecule has 27 heavy (non-hydrogen) atoms. The zero-order valence-electron chi connectivity index (χ0n) is 16.8. The molecule has 1 fully saturated rings. The normalized spacial score (nSPS) is 21.4. The van der Waals surface area contributed by atoms with Crippen LogP contribution < -0.4 is 10.6 Å². The number of guanidine groups is 1. The zero-order valence-corrected chi connectivity index (χ0v) is 18.4. The van der Waals surface area contributed by atoms with Crippen LogP contribution in [0.5, 0.6) is 0 Å². The number of rotatable bonds is 6. The van der Waals surface area contributed by atoms with E-state index in [1.807, 2.05) is 11.3 Å². The summed E-state index contributed by atoms with van der Waals surface area (Å²) in [4.78, 5) is 14.6. The third-order valence-electron chi connectivity index (χ3n) is 5.16. The summed E-state index contributed by atoms with van der Waals surface area (Å²) in [6.07, 6.45) is 2.51. The average molecular weight is 406 g/mol. The van der Waals surface area contributed by atoms with Crippen molar-refractivity contribution >= 4 is 28.6 Å². The predicted molar refractivity (Wildman–Crippen MR) is 117 cm³/mol. The number of piperidine rings is 1. The van der Waals surface area contributed by atoms with E-state index < -0.39 is 0 Å². The fourth-order valence-corrected chi connectivity index (χ4v) is 5.55. The predicted octanol–water partition coefficient (Wildman–Crippen LogP) is 3.96. The Morgan fingerprint density at radius 3 is 2.89 bits per heavy atom. The van der Waals surface area contributed by atoms with Gasteiger partial charge in [-0.3, -0.25) is 4.90 Å². The number of aryl methyl sites for hydroxylation is 2. The van der Waals surface area contributed by atoms with Crippen LogP contribution in [0.4, 0.5) is 0 Å². The maximum atomic E-state index is 4.76. The van der Waals surface area contributed by atoms with Crippen molar-refractivity contribution in [3.8, 4) is 0 Å². The van der Waals surface area contributed by atoms with Crippen molar-refractivity contribution in [1.82, 2.24) is 20.5 Å². The van der Waals surface area contributed by atoms with Crippen LogP contribution in [0, 0.1) is 19.8 Å². The van der Waals surface area contributed by atoms with Crippen molar-refractivity contribution in [3.05, 3.63) is 38.0 Å². The molecule has 2 unspecified atom stereocenters. The van der Waals surface area contributed by atoms with Crippen molar-refractivity contribution in [2.24, 2.45) is 10.9 Å². The molecule has 2 aromatic rings. The smallest absolute Gasteiger partial charge is 0.191 e. The van der Waals surface area contributed by atoms with Gasteiger partial charge in [0.05, 0.1) is 12.2 Å². The molecule has 0 radical (unpaired) electrons. The Kier molecular flexibility index (Phi) is 7.26. The second-order valence-electron chi connectivity index (χ2n) is 7.17. The number of nitrogens with zero attached hydrogens (tertiary/aromatic N) is 3. The fourth-order valence-electron chi connectivity index (χ4n) is 3.71. The quantitative estimate of drug-likeness (QED) is 0.564. The maximum Gasteiger partial charge on any atom is 0.191 e. The van der Waals surface area contributed by atoms with Gasteiger partial charge in [-0.2, -0.15) is 0 Å². The highest BCUT2D eigenvalue weighted by Crippen LogP contribution is 2.36. The number of aliphatic imine (C=N–C) groups is 1. The van der Waals surface area contributed by atoms with E-state index in [9.17, 15) is 0 Å².